The summed E-state index contributed by atoms with van der Waals surface area (Å²) < 4.78 is 10.7. The van der Waals surface area contributed by atoms with Crippen LogP contribution in [-0.4, -0.2) is 19.5 Å². The van der Waals surface area contributed by atoms with Crippen molar-refractivity contribution in [3.63, 3.8) is 0 Å². The highest BCUT2D eigenvalue weighted by Gasteiger charge is 2.13. The molecular weight excluding hydrogens is 152 g/mol. The molecule has 0 aromatic carbocycles. The third-order valence-corrected chi connectivity index (χ3v) is 2.09. The summed E-state index contributed by atoms with van der Waals surface area (Å²) in [7, 11) is 0. The van der Waals surface area contributed by atoms with Crippen molar-refractivity contribution in [2.45, 2.75) is 38.7 Å². The molecule has 2 nitrogen and oxygen atoms in total. The summed E-state index contributed by atoms with van der Waals surface area (Å²) in [6, 6.07) is 0. The zero-order valence-corrected chi connectivity index (χ0v) is 7.84. The number of hydrogen-bond acceptors (Lipinski definition) is 2. The predicted molar refractivity (Wildman–Crippen MR) is 49.0 cm³/mol. The van der Waals surface area contributed by atoms with E-state index in [0.29, 0.717) is 19.5 Å². The van der Waals surface area contributed by atoms with Crippen LogP contribution in [0, 0.1) is 0 Å². The Morgan fingerprint density at radius 2 is 2.42 bits per heavy atom. The second-order valence-corrected chi connectivity index (χ2v) is 3.35. The Kier molecular flexibility index (Phi) is 4.33. The Labute approximate surface area is 74.6 Å². The molecule has 0 saturated carbocycles. The second-order valence-electron chi connectivity index (χ2n) is 3.35. The van der Waals surface area contributed by atoms with Crippen molar-refractivity contribution in [1.82, 2.24) is 0 Å². The zero-order chi connectivity index (χ0) is 8.81. The third kappa shape index (κ3) is 3.37. The molecule has 1 saturated heterocycles. The van der Waals surface area contributed by atoms with Crippen molar-refractivity contribution >= 4 is 0 Å². The number of ether oxygens (including phenoxy) is 2. The molecule has 0 bridgehead atoms. The van der Waals surface area contributed by atoms with E-state index in [0.717, 1.165) is 18.4 Å². The largest absolute Gasteiger partial charge is 0.352 e. The Morgan fingerprint density at radius 1 is 1.58 bits per heavy atom. The van der Waals surface area contributed by atoms with Crippen LogP contribution in [0.1, 0.15) is 32.6 Å². The Bertz CT molecular complexity index is 143. The fourth-order valence-corrected chi connectivity index (χ4v) is 1.39. The van der Waals surface area contributed by atoms with Crippen LogP contribution in [0.2, 0.25) is 0 Å². The fraction of sp³-hybridized carbons (Fsp3) is 0.800. The van der Waals surface area contributed by atoms with Crippen LogP contribution in [0.3, 0.4) is 0 Å². The molecule has 1 rings (SSSR count). The predicted octanol–water partition coefficient (Wildman–Crippen LogP) is 2.50. The monoisotopic (exact) mass is 170 g/mol. The van der Waals surface area contributed by atoms with Gasteiger partial charge in [0.15, 0.2) is 0 Å². The molecule has 12 heavy (non-hydrogen) atoms. The van der Waals surface area contributed by atoms with Crippen molar-refractivity contribution in [2.75, 3.05) is 13.4 Å². The van der Waals surface area contributed by atoms with E-state index in [1.807, 2.05) is 0 Å². The Balaban J connectivity index is 2.26. The number of rotatable bonds is 3. The van der Waals surface area contributed by atoms with Crippen LogP contribution >= 0.6 is 0 Å². The van der Waals surface area contributed by atoms with E-state index in [-0.39, 0.29) is 0 Å². The van der Waals surface area contributed by atoms with Crippen LogP contribution in [0.25, 0.3) is 0 Å². The highest BCUT2D eigenvalue weighted by Crippen LogP contribution is 2.16. The molecule has 1 fully saturated rings. The van der Waals surface area contributed by atoms with Gasteiger partial charge in [-0.1, -0.05) is 26.3 Å². The Hall–Kier alpha value is -0.340. The average Bonchev–Trinajstić information content (AvgIpc) is 2.26. The molecule has 2 heteroatoms. The highest BCUT2D eigenvalue weighted by molar-refractivity contribution is 4.97. The van der Waals surface area contributed by atoms with Gasteiger partial charge in [-0.25, -0.2) is 0 Å². The third-order valence-electron chi connectivity index (χ3n) is 2.09. The van der Waals surface area contributed by atoms with Crippen molar-refractivity contribution in [2.24, 2.45) is 0 Å². The van der Waals surface area contributed by atoms with Crippen molar-refractivity contribution in [3.05, 3.63) is 12.2 Å². The minimum Gasteiger partial charge on any atom is -0.352 e. The summed E-state index contributed by atoms with van der Waals surface area (Å²) in [4.78, 5) is 0. The van der Waals surface area contributed by atoms with E-state index in [9.17, 15) is 0 Å². The van der Waals surface area contributed by atoms with Gasteiger partial charge < -0.3 is 9.47 Å². The van der Waals surface area contributed by atoms with Crippen molar-refractivity contribution in [1.29, 1.82) is 0 Å². The molecule has 0 amide bonds. The molecule has 1 unspecified atom stereocenters. The summed E-state index contributed by atoms with van der Waals surface area (Å²) in [5.41, 5.74) is 1.16. The lowest BCUT2D eigenvalue weighted by atomic mass is 10.1. The van der Waals surface area contributed by atoms with Gasteiger partial charge in [-0.3, -0.25) is 0 Å². The van der Waals surface area contributed by atoms with Crippen LogP contribution in [-0.2, 0) is 9.47 Å². The van der Waals surface area contributed by atoms with E-state index in [1.165, 1.54) is 12.8 Å². The molecule has 1 aliphatic rings. The molecular formula is C10H18O2. The number of hydrogen-bond donors (Lipinski definition) is 0. The first-order chi connectivity index (χ1) is 5.83. The van der Waals surface area contributed by atoms with Gasteiger partial charge >= 0.3 is 0 Å². The van der Waals surface area contributed by atoms with E-state index in [4.69, 9.17) is 9.47 Å². The number of unbranched alkanes of at least 4 members (excludes halogenated alkanes) is 1. The van der Waals surface area contributed by atoms with Crippen LogP contribution in [0.4, 0.5) is 0 Å². The fourth-order valence-electron chi connectivity index (χ4n) is 1.39. The van der Waals surface area contributed by atoms with E-state index >= 15 is 0 Å². The molecule has 1 aliphatic heterocycles. The summed E-state index contributed by atoms with van der Waals surface area (Å²) in [6.45, 7) is 7.23. The van der Waals surface area contributed by atoms with Gasteiger partial charge in [-0.2, -0.15) is 0 Å². The molecule has 70 valence electrons. The van der Waals surface area contributed by atoms with Gasteiger partial charge in [0.05, 0.1) is 12.7 Å². The summed E-state index contributed by atoms with van der Waals surface area (Å²) in [5, 5.41) is 0. The molecule has 0 aromatic heterocycles. The molecule has 0 aliphatic carbocycles. The molecule has 1 atom stereocenters. The van der Waals surface area contributed by atoms with Crippen LogP contribution in [0.5, 0.6) is 0 Å². The van der Waals surface area contributed by atoms with E-state index in [2.05, 4.69) is 13.5 Å². The minimum atomic E-state index is 0.347. The van der Waals surface area contributed by atoms with Crippen molar-refractivity contribution in [3.8, 4) is 0 Å². The van der Waals surface area contributed by atoms with Gasteiger partial charge in [-0.05, 0) is 18.4 Å². The summed E-state index contributed by atoms with van der Waals surface area (Å²) in [5.74, 6) is 0. The van der Waals surface area contributed by atoms with E-state index < -0.39 is 0 Å². The van der Waals surface area contributed by atoms with Gasteiger partial charge in [0, 0.05) is 0 Å². The standard InChI is InChI=1S/C10H18O2/c1-3-4-5-10-6-9(2)7-11-8-12-10/h10H,2-8H2,1H3. The maximum atomic E-state index is 5.49. The average molecular weight is 170 g/mol. The molecule has 1 heterocycles. The normalized spacial score (nSPS) is 25.4. The van der Waals surface area contributed by atoms with Gasteiger partial charge in [0.2, 0.25) is 0 Å². The SMILES string of the molecule is C=C1COCOC(CCCC)C1. The first-order valence-electron chi connectivity index (χ1n) is 4.69. The maximum Gasteiger partial charge on any atom is 0.147 e. The summed E-state index contributed by atoms with van der Waals surface area (Å²) >= 11 is 0. The van der Waals surface area contributed by atoms with Gasteiger partial charge in [0.1, 0.15) is 6.79 Å². The second kappa shape index (κ2) is 5.33. The maximum absolute atomic E-state index is 5.49. The van der Waals surface area contributed by atoms with Gasteiger partial charge in [-0.15, -0.1) is 0 Å². The van der Waals surface area contributed by atoms with Crippen LogP contribution < -0.4 is 0 Å². The molecule has 0 N–H and O–H groups in total. The Morgan fingerprint density at radius 3 is 3.17 bits per heavy atom. The lowest BCUT2D eigenvalue weighted by Crippen LogP contribution is -2.11. The lowest BCUT2D eigenvalue weighted by Gasteiger charge is -2.13. The van der Waals surface area contributed by atoms with E-state index in [1.54, 1.807) is 0 Å². The topological polar surface area (TPSA) is 18.5 Å². The highest BCUT2D eigenvalue weighted by atomic mass is 16.7. The zero-order valence-electron chi connectivity index (χ0n) is 7.84. The smallest absolute Gasteiger partial charge is 0.147 e. The first-order valence-corrected chi connectivity index (χ1v) is 4.69. The molecule has 0 spiro atoms. The lowest BCUT2D eigenvalue weighted by molar-refractivity contribution is -0.0689. The quantitative estimate of drug-likeness (QED) is 0.606. The van der Waals surface area contributed by atoms with Gasteiger partial charge in [0.25, 0.3) is 0 Å². The van der Waals surface area contributed by atoms with Crippen molar-refractivity contribution < 1.29 is 9.47 Å². The first kappa shape index (κ1) is 9.75. The van der Waals surface area contributed by atoms with Crippen LogP contribution in [0.15, 0.2) is 12.2 Å². The summed E-state index contributed by atoms with van der Waals surface area (Å²) in [6.07, 6.45) is 4.92. The molecule has 0 radical (unpaired) electrons. The molecule has 0 aromatic rings. The minimum absolute atomic E-state index is 0.347.